The van der Waals surface area contributed by atoms with E-state index in [0.29, 0.717) is 0 Å². The number of imidazole rings is 1. The summed E-state index contributed by atoms with van der Waals surface area (Å²) in [4.78, 5) is 3.75. The minimum absolute atomic E-state index is 0.0420. The molecule has 4 rings (SSSR count). The third kappa shape index (κ3) is 2.19. The van der Waals surface area contributed by atoms with Crippen molar-refractivity contribution in [2.75, 3.05) is 0 Å². The van der Waals surface area contributed by atoms with Crippen LogP contribution in [0.25, 0.3) is 11.0 Å². The highest BCUT2D eigenvalue weighted by Crippen LogP contribution is 2.49. The Bertz CT molecular complexity index is 1120. The summed E-state index contributed by atoms with van der Waals surface area (Å²) in [5.74, 6) is -0.722. The van der Waals surface area contributed by atoms with Crippen molar-refractivity contribution < 1.29 is 31.2 Å². The summed E-state index contributed by atoms with van der Waals surface area (Å²) in [6, 6.07) is 1.12. The van der Waals surface area contributed by atoms with E-state index in [9.17, 15) is 17.2 Å². The highest BCUT2D eigenvalue weighted by molar-refractivity contribution is 7.90. The van der Waals surface area contributed by atoms with E-state index in [1.54, 1.807) is 0 Å². The van der Waals surface area contributed by atoms with Gasteiger partial charge in [-0.25, -0.2) is 17.4 Å². The van der Waals surface area contributed by atoms with E-state index >= 15 is 0 Å². The summed E-state index contributed by atoms with van der Waals surface area (Å²) < 4.78 is 66.7. The van der Waals surface area contributed by atoms with Gasteiger partial charge in [0, 0.05) is 6.07 Å². The summed E-state index contributed by atoms with van der Waals surface area (Å²) in [6.07, 6.45) is -2.89. The number of aromatic nitrogens is 3. The monoisotopic (exact) mass is 391 g/mol. The molecule has 0 amide bonds. The predicted molar refractivity (Wildman–Crippen MR) is 79.5 cm³/mol. The lowest BCUT2D eigenvalue weighted by Crippen LogP contribution is -2.26. The highest BCUT2D eigenvalue weighted by Gasteiger charge is 2.46. The van der Waals surface area contributed by atoms with E-state index in [-0.39, 0.29) is 38.2 Å². The summed E-state index contributed by atoms with van der Waals surface area (Å²) in [5.41, 5.74) is 0.0600. The Morgan fingerprint density at radius 1 is 1.28 bits per heavy atom. The number of hydrogen-bond donors (Lipinski definition) is 0. The summed E-state index contributed by atoms with van der Waals surface area (Å²) in [5, 5.41) is 3.24. The Hall–Kier alpha value is -2.40. The second kappa shape index (κ2) is 4.82. The van der Waals surface area contributed by atoms with Gasteiger partial charge in [-0.15, -0.1) is 8.78 Å². The van der Waals surface area contributed by atoms with Gasteiger partial charge >= 0.3 is 6.29 Å². The van der Waals surface area contributed by atoms with Crippen LogP contribution in [0.4, 0.5) is 8.78 Å². The summed E-state index contributed by atoms with van der Waals surface area (Å²) >= 11 is 6.11. The standard InChI is InChI=1S/C13H8ClF2N3O5S/c1-5-12(6(2)24-18-5)25(20,21)19-4-17-7-3-8-11(9(14)10(7)19)23-13(15,16)22-8/h3-4H,1-2H3. The zero-order chi connectivity index (χ0) is 18.1. The van der Waals surface area contributed by atoms with Crippen molar-refractivity contribution in [3.8, 4) is 11.5 Å². The van der Waals surface area contributed by atoms with Crippen molar-refractivity contribution in [3.05, 3.63) is 28.9 Å². The van der Waals surface area contributed by atoms with Gasteiger partial charge in [0.05, 0.1) is 5.52 Å². The first-order valence-corrected chi connectivity index (χ1v) is 8.57. The normalized spacial score (nSPS) is 15.9. The molecule has 0 spiro atoms. The Balaban J connectivity index is 2.00. The predicted octanol–water partition coefficient (Wildman–Crippen LogP) is 2.85. The van der Waals surface area contributed by atoms with Crippen LogP contribution in [0.15, 0.2) is 21.8 Å². The third-order valence-electron chi connectivity index (χ3n) is 3.60. The van der Waals surface area contributed by atoms with Crippen molar-refractivity contribution in [2.45, 2.75) is 25.0 Å². The topological polar surface area (TPSA) is 96.5 Å². The molecular weight excluding hydrogens is 384 g/mol. The first-order chi connectivity index (χ1) is 11.6. The van der Waals surface area contributed by atoms with Crippen LogP contribution in [0, 0.1) is 13.8 Å². The van der Waals surface area contributed by atoms with Gasteiger partial charge in [0.25, 0.3) is 10.0 Å². The van der Waals surface area contributed by atoms with E-state index in [1.165, 1.54) is 13.8 Å². The fourth-order valence-electron chi connectivity index (χ4n) is 2.63. The lowest BCUT2D eigenvalue weighted by Gasteiger charge is -2.08. The average Bonchev–Trinajstić information content (AvgIpc) is 3.15. The van der Waals surface area contributed by atoms with Crippen LogP contribution < -0.4 is 9.47 Å². The molecule has 1 aliphatic rings. The lowest BCUT2D eigenvalue weighted by atomic mass is 10.3. The van der Waals surface area contributed by atoms with Gasteiger partial charge in [0.1, 0.15) is 22.6 Å². The van der Waals surface area contributed by atoms with Gasteiger partial charge in [-0.05, 0) is 13.8 Å². The first-order valence-electron chi connectivity index (χ1n) is 6.75. The van der Waals surface area contributed by atoms with Crippen LogP contribution in [0.3, 0.4) is 0 Å². The fourth-order valence-corrected chi connectivity index (χ4v) is 4.60. The second-order valence-electron chi connectivity index (χ2n) is 5.25. The maximum absolute atomic E-state index is 13.3. The molecule has 0 radical (unpaired) electrons. The Morgan fingerprint density at radius 3 is 2.64 bits per heavy atom. The number of ether oxygens (including phenoxy) is 2. The number of benzene rings is 1. The molecule has 8 nitrogen and oxygen atoms in total. The van der Waals surface area contributed by atoms with E-state index < -0.39 is 22.1 Å². The quantitative estimate of drug-likeness (QED) is 0.662. The van der Waals surface area contributed by atoms with Crippen molar-refractivity contribution in [1.29, 1.82) is 0 Å². The molecule has 12 heteroatoms. The third-order valence-corrected chi connectivity index (χ3v) is 5.84. The maximum atomic E-state index is 13.3. The lowest BCUT2D eigenvalue weighted by molar-refractivity contribution is -0.286. The highest BCUT2D eigenvalue weighted by atomic mass is 35.5. The minimum atomic E-state index is -4.18. The van der Waals surface area contributed by atoms with Gasteiger partial charge in [0.15, 0.2) is 22.2 Å². The molecule has 1 aliphatic heterocycles. The Morgan fingerprint density at radius 2 is 2.00 bits per heavy atom. The van der Waals surface area contributed by atoms with Crippen LogP contribution in [0.2, 0.25) is 5.02 Å². The summed E-state index contributed by atoms with van der Waals surface area (Å²) in [6.45, 7) is 2.89. The molecule has 1 aromatic carbocycles. The molecule has 0 aliphatic carbocycles. The van der Waals surface area contributed by atoms with Crippen LogP contribution in [-0.4, -0.2) is 28.8 Å². The molecule has 0 saturated carbocycles. The molecule has 3 aromatic rings. The number of alkyl halides is 2. The maximum Gasteiger partial charge on any atom is 0.586 e. The summed E-state index contributed by atoms with van der Waals surface area (Å²) in [7, 11) is -4.18. The van der Waals surface area contributed by atoms with E-state index in [0.717, 1.165) is 16.4 Å². The SMILES string of the molecule is Cc1noc(C)c1S(=O)(=O)n1cnc2cc3c(c(Cl)c21)OC(F)(F)O3. The molecular formula is C13H8ClF2N3O5S. The number of hydrogen-bond acceptors (Lipinski definition) is 7. The number of nitrogens with zero attached hydrogens (tertiary/aromatic N) is 3. The number of halogens is 3. The number of aryl methyl sites for hydroxylation is 2. The zero-order valence-corrected chi connectivity index (χ0v) is 14.2. The Kier molecular flexibility index (Phi) is 3.10. The molecule has 0 bridgehead atoms. The number of fused-ring (bicyclic) bond motifs is 2. The smallest absolute Gasteiger partial charge is 0.395 e. The first kappa shape index (κ1) is 16.1. The molecule has 132 valence electrons. The van der Waals surface area contributed by atoms with Crippen molar-refractivity contribution in [2.24, 2.45) is 0 Å². The molecule has 2 aromatic heterocycles. The molecule has 0 saturated heterocycles. The van der Waals surface area contributed by atoms with Crippen LogP contribution in [0.1, 0.15) is 11.5 Å². The van der Waals surface area contributed by atoms with Gasteiger partial charge in [0.2, 0.25) is 0 Å². The van der Waals surface area contributed by atoms with E-state index in [4.69, 9.17) is 16.1 Å². The molecule has 0 N–H and O–H groups in total. The average molecular weight is 392 g/mol. The molecule has 25 heavy (non-hydrogen) atoms. The van der Waals surface area contributed by atoms with Gasteiger partial charge in [-0.1, -0.05) is 16.8 Å². The number of rotatable bonds is 2. The Labute approximate surface area is 143 Å². The molecule has 3 heterocycles. The van der Waals surface area contributed by atoms with Crippen LogP contribution in [-0.2, 0) is 10.0 Å². The zero-order valence-electron chi connectivity index (χ0n) is 12.6. The van der Waals surface area contributed by atoms with Crippen molar-refractivity contribution in [1.82, 2.24) is 14.1 Å². The van der Waals surface area contributed by atoms with Gasteiger partial charge in [-0.2, -0.15) is 0 Å². The van der Waals surface area contributed by atoms with Crippen LogP contribution >= 0.6 is 11.6 Å². The van der Waals surface area contributed by atoms with E-state index in [2.05, 4.69) is 19.6 Å². The molecule has 0 fully saturated rings. The van der Waals surface area contributed by atoms with Crippen molar-refractivity contribution in [3.63, 3.8) is 0 Å². The molecule has 0 unspecified atom stereocenters. The van der Waals surface area contributed by atoms with Crippen molar-refractivity contribution >= 4 is 32.7 Å². The minimum Gasteiger partial charge on any atom is -0.395 e. The second-order valence-corrected chi connectivity index (χ2v) is 7.38. The van der Waals surface area contributed by atoms with Gasteiger partial charge < -0.3 is 14.0 Å². The van der Waals surface area contributed by atoms with Gasteiger partial charge in [-0.3, -0.25) is 0 Å². The fraction of sp³-hybridized carbons (Fsp3) is 0.231. The van der Waals surface area contributed by atoms with Crippen LogP contribution in [0.5, 0.6) is 11.5 Å². The molecule has 0 atom stereocenters. The largest absolute Gasteiger partial charge is 0.586 e. The van der Waals surface area contributed by atoms with E-state index in [1.807, 2.05) is 0 Å².